The lowest BCUT2D eigenvalue weighted by molar-refractivity contribution is -0.873. The van der Waals surface area contributed by atoms with E-state index in [0.717, 1.165) is 11.0 Å². The molecule has 0 saturated carbocycles. The van der Waals surface area contributed by atoms with Crippen LogP contribution < -0.4 is 0 Å². The van der Waals surface area contributed by atoms with Gasteiger partial charge in [-0.1, -0.05) is 19.1 Å². The molecule has 1 fully saturated rings. The van der Waals surface area contributed by atoms with E-state index in [9.17, 15) is 9.59 Å². The molecule has 0 radical (unpaired) electrons. The van der Waals surface area contributed by atoms with Crippen molar-refractivity contribution < 1.29 is 14.1 Å². The normalized spacial score (nSPS) is 34.9. The van der Waals surface area contributed by atoms with Crippen LogP contribution in [0.3, 0.4) is 0 Å². The largest absolute Gasteiger partial charge is 0.330 e. The zero-order valence-corrected chi connectivity index (χ0v) is 12.6. The molecular weight excluding hydrogens is 240 g/mol. The summed E-state index contributed by atoms with van der Waals surface area (Å²) in [6.45, 7) is 5.30. The van der Waals surface area contributed by atoms with Gasteiger partial charge >= 0.3 is 0 Å². The minimum absolute atomic E-state index is 0.0285. The number of allylic oxidation sites excluding steroid dienone is 1. The maximum atomic E-state index is 12.5. The Kier molecular flexibility index (Phi) is 3.56. The van der Waals surface area contributed by atoms with Crippen LogP contribution in [0.5, 0.6) is 0 Å². The number of likely N-dealkylation sites (tertiary alicyclic amines) is 1. The van der Waals surface area contributed by atoms with Crippen molar-refractivity contribution in [1.82, 2.24) is 4.90 Å². The molecule has 0 spiro atoms. The maximum Gasteiger partial charge on any atom is 0.233 e. The van der Waals surface area contributed by atoms with Gasteiger partial charge in [0.05, 0.1) is 39.5 Å². The van der Waals surface area contributed by atoms with Crippen LogP contribution in [0.2, 0.25) is 0 Å². The number of hydrogen-bond donors (Lipinski definition) is 0. The fourth-order valence-corrected chi connectivity index (χ4v) is 3.45. The van der Waals surface area contributed by atoms with Crippen molar-refractivity contribution in [3.63, 3.8) is 0 Å². The highest BCUT2D eigenvalue weighted by Gasteiger charge is 2.53. The quantitative estimate of drug-likeness (QED) is 0.436. The van der Waals surface area contributed by atoms with E-state index in [1.807, 2.05) is 13.8 Å². The molecule has 0 N–H and O–H groups in total. The predicted molar refractivity (Wildman–Crippen MR) is 74.1 cm³/mol. The monoisotopic (exact) mass is 265 g/mol. The molecule has 0 aromatic heterocycles. The molecular formula is C15H25N2O2+. The molecule has 2 amide bonds. The van der Waals surface area contributed by atoms with Crippen LogP contribution in [0.4, 0.5) is 0 Å². The number of imide groups is 1. The lowest BCUT2D eigenvalue weighted by atomic mass is 9.72. The van der Waals surface area contributed by atoms with E-state index < -0.39 is 0 Å². The van der Waals surface area contributed by atoms with Crippen LogP contribution in [0.15, 0.2) is 12.2 Å². The number of hydrogen-bond acceptors (Lipinski definition) is 2. The van der Waals surface area contributed by atoms with E-state index in [0.29, 0.717) is 6.54 Å². The van der Waals surface area contributed by atoms with Crippen LogP contribution >= 0.6 is 0 Å². The number of fused-ring (bicyclic) bond motifs is 1. The van der Waals surface area contributed by atoms with Gasteiger partial charge in [0.2, 0.25) is 11.8 Å². The molecule has 1 aliphatic heterocycles. The molecule has 1 aliphatic carbocycles. The highest BCUT2D eigenvalue weighted by Crippen LogP contribution is 2.41. The topological polar surface area (TPSA) is 37.4 Å². The number of amides is 2. The highest BCUT2D eigenvalue weighted by molar-refractivity contribution is 6.05. The molecule has 2 aliphatic rings. The fourth-order valence-electron chi connectivity index (χ4n) is 3.45. The molecule has 4 nitrogen and oxygen atoms in total. The molecule has 1 saturated heterocycles. The summed E-state index contributed by atoms with van der Waals surface area (Å²) in [4.78, 5) is 26.3. The average Bonchev–Trinajstić information content (AvgIpc) is 2.54. The molecule has 4 unspecified atom stereocenters. The smallest absolute Gasteiger partial charge is 0.233 e. The van der Waals surface area contributed by atoms with Gasteiger partial charge in [-0.3, -0.25) is 14.5 Å². The Balaban J connectivity index is 2.32. The maximum absolute atomic E-state index is 12.5. The molecule has 4 heteroatoms. The standard InChI is InChI=1S/C15H25N2O2/c1-6-16-14(18)12-10(2)7-8-11(9-17(3,4)5)13(12)15(16)19/h7-8,10-13H,6,9H2,1-5H3/q+1. The zero-order chi connectivity index (χ0) is 14.4. The predicted octanol–water partition coefficient (Wildman–Crippen LogP) is 1.14. The van der Waals surface area contributed by atoms with Crippen molar-refractivity contribution in [2.24, 2.45) is 23.7 Å². The third-order valence-corrected chi connectivity index (χ3v) is 4.25. The van der Waals surface area contributed by atoms with Crippen molar-refractivity contribution in [2.45, 2.75) is 13.8 Å². The average molecular weight is 265 g/mol. The molecule has 19 heavy (non-hydrogen) atoms. The van der Waals surface area contributed by atoms with E-state index in [4.69, 9.17) is 0 Å². The number of carbonyl (C=O) groups is 2. The lowest BCUT2D eigenvalue weighted by Crippen LogP contribution is -2.44. The first-order valence-corrected chi connectivity index (χ1v) is 7.10. The van der Waals surface area contributed by atoms with Gasteiger partial charge in [-0.05, 0) is 12.8 Å². The van der Waals surface area contributed by atoms with Gasteiger partial charge in [-0.2, -0.15) is 0 Å². The summed E-state index contributed by atoms with van der Waals surface area (Å²) in [7, 11) is 6.37. The zero-order valence-electron chi connectivity index (χ0n) is 12.6. The Labute approximate surface area is 115 Å². The Bertz CT molecular complexity index is 422. The molecule has 0 bridgehead atoms. The van der Waals surface area contributed by atoms with Crippen LogP contribution in [0, 0.1) is 23.7 Å². The molecule has 0 aromatic carbocycles. The SMILES string of the molecule is CCN1C(=O)C2C(C)C=CC(C[N+](C)(C)C)C2C1=O. The van der Waals surface area contributed by atoms with Gasteiger partial charge in [0.15, 0.2) is 0 Å². The van der Waals surface area contributed by atoms with E-state index in [1.165, 1.54) is 4.90 Å². The Morgan fingerprint density at radius 1 is 1.11 bits per heavy atom. The van der Waals surface area contributed by atoms with Gasteiger partial charge in [-0.25, -0.2) is 0 Å². The molecule has 0 aromatic rings. The number of rotatable bonds is 3. The summed E-state index contributed by atoms with van der Waals surface area (Å²) in [5.41, 5.74) is 0. The van der Waals surface area contributed by atoms with E-state index >= 15 is 0 Å². The van der Waals surface area contributed by atoms with Crippen LogP contribution in [0.25, 0.3) is 0 Å². The summed E-state index contributed by atoms with van der Waals surface area (Å²) in [5, 5.41) is 0. The number of carbonyl (C=O) groups excluding carboxylic acids is 2. The lowest BCUT2D eigenvalue weighted by Gasteiger charge is -2.35. The van der Waals surface area contributed by atoms with Crippen molar-refractivity contribution in [3.8, 4) is 0 Å². The van der Waals surface area contributed by atoms with Crippen LogP contribution in [-0.4, -0.2) is 55.4 Å². The summed E-state index contributed by atoms with van der Waals surface area (Å²) in [6.07, 6.45) is 4.27. The second kappa shape index (κ2) is 4.75. The number of quaternary nitrogens is 1. The first-order chi connectivity index (χ1) is 8.76. The first-order valence-electron chi connectivity index (χ1n) is 7.10. The second-order valence-electron chi connectivity index (χ2n) is 6.85. The van der Waals surface area contributed by atoms with Crippen LogP contribution in [-0.2, 0) is 9.59 Å². The van der Waals surface area contributed by atoms with Crippen molar-refractivity contribution >= 4 is 11.8 Å². The van der Waals surface area contributed by atoms with Crippen molar-refractivity contribution in [1.29, 1.82) is 0 Å². The second-order valence-corrected chi connectivity index (χ2v) is 6.85. The third kappa shape index (κ3) is 2.46. The minimum Gasteiger partial charge on any atom is -0.330 e. The van der Waals surface area contributed by atoms with Gasteiger partial charge in [-0.15, -0.1) is 0 Å². The van der Waals surface area contributed by atoms with Gasteiger partial charge in [0, 0.05) is 12.5 Å². The Morgan fingerprint density at radius 2 is 1.68 bits per heavy atom. The third-order valence-electron chi connectivity index (χ3n) is 4.25. The Morgan fingerprint density at radius 3 is 2.21 bits per heavy atom. The minimum atomic E-state index is -0.148. The number of nitrogens with zero attached hydrogens (tertiary/aromatic N) is 2. The van der Waals surface area contributed by atoms with Gasteiger partial charge < -0.3 is 4.48 Å². The molecule has 1 heterocycles. The first kappa shape index (κ1) is 14.3. The van der Waals surface area contributed by atoms with Crippen LogP contribution in [0.1, 0.15) is 13.8 Å². The Hall–Kier alpha value is -1.16. The van der Waals surface area contributed by atoms with E-state index in [-0.39, 0.29) is 35.5 Å². The summed E-state index contributed by atoms with van der Waals surface area (Å²) >= 11 is 0. The van der Waals surface area contributed by atoms with Gasteiger partial charge in [0.25, 0.3) is 0 Å². The van der Waals surface area contributed by atoms with E-state index in [1.54, 1.807) is 0 Å². The summed E-state index contributed by atoms with van der Waals surface area (Å²) < 4.78 is 0.806. The molecule has 2 rings (SSSR count). The van der Waals surface area contributed by atoms with Crippen molar-refractivity contribution in [2.75, 3.05) is 34.2 Å². The molecule has 106 valence electrons. The summed E-state index contributed by atoms with van der Waals surface area (Å²) in [6, 6.07) is 0. The van der Waals surface area contributed by atoms with E-state index in [2.05, 4.69) is 33.3 Å². The fraction of sp³-hybridized carbons (Fsp3) is 0.733. The summed E-state index contributed by atoms with van der Waals surface area (Å²) in [5.74, 6) is 0.114. The highest BCUT2D eigenvalue weighted by atomic mass is 16.2. The van der Waals surface area contributed by atoms with Crippen molar-refractivity contribution in [3.05, 3.63) is 12.2 Å². The van der Waals surface area contributed by atoms with Gasteiger partial charge in [0.1, 0.15) is 0 Å². The molecule has 4 atom stereocenters.